The lowest BCUT2D eigenvalue weighted by Gasteiger charge is -2.31. The van der Waals surface area contributed by atoms with Crippen LogP contribution in [0.25, 0.3) is 0 Å². The summed E-state index contributed by atoms with van der Waals surface area (Å²) >= 11 is 6.07. The number of hydrogen-bond donors (Lipinski definition) is 0. The minimum absolute atomic E-state index is 0.345. The maximum Gasteiger partial charge on any atom is 0.199 e. The van der Waals surface area contributed by atoms with Gasteiger partial charge in [0.1, 0.15) is 6.33 Å². The quantitative estimate of drug-likeness (QED) is 0.720. The average molecular weight is 286 g/mol. The number of rotatable bonds is 7. The van der Waals surface area contributed by atoms with Gasteiger partial charge < -0.3 is 14.4 Å². The van der Waals surface area contributed by atoms with E-state index in [1.54, 1.807) is 14.2 Å². The topological polar surface area (TPSA) is 47.5 Å². The maximum absolute atomic E-state index is 6.07. The van der Waals surface area contributed by atoms with Crippen molar-refractivity contribution < 1.29 is 9.47 Å². The maximum atomic E-state index is 6.07. The molecule has 19 heavy (non-hydrogen) atoms. The van der Waals surface area contributed by atoms with Crippen molar-refractivity contribution in [3.63, 3.8) is 0 Å². The Balaban J connectivity index is 2.28. The normalized spacial score (nSPS) is 16.2. The molecular weight excluding hydrogens is 266 g/mol. The molecule has 0 bridgehead atoms. The fourth-order valence-corrected chi connectivity index (χ4v) is 2.45. The monoisotopic (exact) mass is 285 g/mol. The standard InChI is InChI=1S/C13H20ClN3O2/c1-9(10-4-5-10)17(6-7-18-2)13-11(19-3)12(14)15-8-16-13/h8-10H,4-7H2,1-3H3. The third-order valence-corrected chi connectivity index (χ3v) is 3.82. The van der Waals surface area contributed by atoms with Gasteiger partial charge in [-0.2, -0.15) is 0 Å². The first-order chi connectivity index (χ1) is 9.19. The Morgan fingerprint density at radius 1 is 1.42 bits per heavy atom. The molecule has 0 radical (unpaired) electrons. The Labute approximate surface area is 118 Å². The third-order valence-electron chi connectivity index (χ3n) is 3.55. The van der Waals surface area contributed by atoms with E-state index >= 15 is 0 Å². The molecule has 0 spiro atoms. The summed E-state index contributed by atoms with van der Waals surface area (Å²) in [7, 11) is 3.29. The van der Waals surface area contributed by atoms with Crippen LogP contribution in [-0.4, -0.2) is 43.4 Å². The third kappa shape index (κ3) is 3.28. The molecule has 5 nitrogen and oxygen atoms in total. The molecule has 6 heteroatoms. The van der Waals surface area contributed by atoms with E-state index in [1.165, 1.54) is 19.2 Å². The minimum Gasteiger partial charge on any atom is -0.490 e. The molecule has 0 aromatic carbocycles. The van der Waals surface area contributed by atoms with Gasteiger partial charge >= 0.3 is 0 Å². The van der Waals surface area contributed by atoms with Gasteiger partial charge in [0, 0.05) is 19.7 Å². The highest BCUT2D eigenvalue weighted by Gasteiger charge is 2.34. The molecule has 1 atom stereocenters. The summed E-state index contributed by atoms with van der Waals surface area (Å²) in [6.45, 7) is 3.61. The van der Waals surface area contributed by atoms with Crippen LogP contribution in [-0.2, 0) is 4.74 Å². The average Bonchev–Trinajstić information content (AvgIpc) is 3.23. The van der Waals surface area contributed by atoms with Gasteiger partial charge in [0.05, 0.1) is 13.7 Å². The second-order valence-corrected chi connectivity index (χ2v) is 5.14. The Hall–Kier alpha value is -1.07. The number of aromatic nitrogens is 2. The number of nitrogens with zero attached hydrogens (tertiary/aromatic N) is 3. The predicted octanol–water partition coefficient (Wildman–Crippen LogP) is 2.39. The summed E-state index contributed by atoms with van der Waals surface area (Å²) in [5.41, 5.74) is 0. The van der Waals surface area contributed by atoms with Gasteiger partial charge in [-0.3, -0.25) is 0 Å². The van der Waals surface area contributed by atoms with Gasteiger partial charge in [0.25, 0.3) is 0 Å². The van der Waals surface area contributed by atoms with Crippen LogP contribution >= 0.6 is 11.6 Å². The fraction of sp³-hybridized carbons (Fsp3) is 0.692. The van der Waals surface area contributed by atoms with Crippen LogP contribution in [0.4, 0.5) is 5.82 Å². The van der Waals surface area contributed by atoms with E-state index in [9.17, 15) is 0 Å². The molecule has 1 aromatic heterocycles. The lowest BCUT2D eigenvalue weighted by Crippen LogP contribution is -2.38. The molecular formula is C13H20ClN3O2. The van der Waals surface area contributed by atoms with Crippen molar-refractivity contribution in [1.29, 1.82) is 0 Å². The minimum atomic E-state index is 0.345. The van der Waals surface area contributed by atoms with Gasteiger partial charge in [-0.1, -0.05) is 11.6 Å². The number of ether oxygens (including phenoxy) is 2. The van der Waals surface area contributed by atoms with Gasteiger partial charge in [-0.15, -0.1) is 0 Å². The van der Waals surface area contributed by atoms with Crippen molar-refractivity contribution in [3.05, 3.63) is 11.5 Å². The van der Waals surface area contributed by atoms with Crippen molar-refractivity contribution in [2.75, 3.05) is 32.3 Å². The zero-order valence-electron chi connectivity index (χ0n) is 11.6. The van der Waals surface area contributed by atoms with Crippen LogP contribution in [0.2, 0.25) is 5.15 Å². The molecule has 1 aromatic rings. The molecule has 0 aliphatic heterocycles. The molecule has 0 saturated heterocycles. The number of anilines is 1. The van der Waals surface area contributed by atoms with E-state index in [0.717, 1.165) is 18.3 Å². The van der Waals surface area contributed by atoms with Crippen LogP contribution in [0.15, 0.2) is 6.33 Å². The van der Waals surface area contributed by atoms with Crippen LogP contribution in [0.5, 0.6) is 5.75 Å². The van der Waals surface area contributed by atoms with Crippen LogP contribution in [0.1, 0.15) is 19.8 Å². The number of halogens is 1. The van der Waals surface area contributed by atoms with Crippen molar-refractivity contribution in [2.45, 2.75) is 25.8 Å². The highest BCUT2D eigenvalue weighted by atomic mass is 35.5. The van der Waals surface area contributed by atoms with E-state index in [2.05, 4.69) is 21.8 Å². The molecule has 1 fully saturated rings. The molecule has 2 rings (SSSR count). The van der Waals surface area contributed by atoms with Gasteiger partial charge in [-0.05, 0) is 25.7 Å². The zero-order valence-corrected chi connectivity index (χ0v) is 12.4. The number of hydrogen-bond acceptors (Lipinski definition) is 5. The van der Waals surface area contributed by atoms with Crippen LogP contribution in [0.3, 0.4) is 0 Å². The van der Waals surface area contributed by atoms with E-state index in [0.29, 0.717) is 23.6 Å². The Morgan fingerprint density at radius 3 is 2.74 bits per heavy atom. The van der Waals surface area contributed by atoms with Crippen molar-refractivity contribution >= 4 is 17.4 Å². The SMILES string of the molecule is COCCN(c1ncnc(Cl)c1OC)C(C)C1CC1. The molecule has 1 unspecified atom stereocenters. The Bertz CT molecular complexity index is 426. The summed E-state index contributed by atoms with van der Waals surface area (Å²) in [4.78, 5) is 10.5. The summed E-state index contributed by atoms with van der Waals surface area (Å²) in [6.07, 6.45) is 4.01. The molecule has 106 valence electrons. The van der Waals surface area contributed by atoms with Crippen molar-refractivity contribution in [1.82, 2.24) is 9.97 Å². The first kappa shape index (κ1) is 14.3. The molecule has 1 heterocycles. The van der Waals surface area contributed by atoms with Gasteiger partial charge in [-0.25, -0.2) is 9.97 Å². The van der Waals surface area contributed by atoms with E-state index in [4.69, 9.17) is 21.1 Å². The second-order valence-electron chi connectivity index (χ2n) is 4.79. The van der Waals surface area contributed by atoms with E-state index in [-0.39, 0.29) is 0 Å². The first-order valence-corrected chi connectivity index (χ1v) is 6.87. The van der Waals surface area contributed by atoms with Gasteiger partial charge in [0.2, 0.25) is 0 Å². The molecule has 1 aliphatic carbocycles. The predicted molar refractivity (Wildman–Crippen MR) is 75.0 cm³/mol. The van der Waals surface area contributed by atoms with Crippen LogP contribution < -0.4 is 9.64 Å². The summed E-state index contributed by atoms with van der Waals surface area (Å²) in [5, 5.41) is 0.345. The summed E-state index contributed by atoms with van der Waals surface area (Å²) < 4.78 is 10.5. The smallest absolute Gasteiger partial charge is 0.199 e. The van der Waals surface area contributed by atoms with Crippen molar-refractivity contribution in [2.24, 2.45) is 5.92 Å². The van der Waals surface area contributed by atoms with Crippen molar-refractivity contribution in [3.8, 4) is 5.75 Å². The Morgan fingerprint density at radius 2 is 2.16 bits per heavy atom. The molecule has 1 saturated carbocycles. The Kier molecular flexibility index (Phi) is 4.82. The molecule has 0 amide bonds. The van der Waals surface area contributed by atoms with E-state index < -0.39 is 0 Å². The van der Waals surface area contributed by atoms with E-state index in [1.807, 2.05) is 0 Å². The summed E-state index contributed by atoms with van der Waals surface area (Å²) in [6, 6.07) is 0.398. The van der Waals surface area contributed by atoms with Crippen LogP contribution in [0, 0.1) is 5.92 Å². The summed E-state index contributed by atoms with van der Waals surface area (Å²) in [5.74, 6) is 2.00. The number of methoxy groups -OCH3 is 2. The highest BCUT2D eigenvalue weighted by Crippen LogP contribution is 2.39. The first-order valence-electron chi connectivity index (χ1n) is 6.49. The molecule has 1 aliphatic rings. The lowest BCUT2D eigenvalue weighted by atomic mass is 10.2. The molecule has 0 N–H and O–H groups in total. The fourth-order valence-electron chi connectivity index (χ4n) is 2.25. The lowest BCUT2D eigenvalue weighted by molar-refractivity contribution is 0.202. The zero-order chi connectivity index (χ0) is 13.8. The van der Waals surface area contributed by atoms with Gasteiger partial charge in [0.15, 0.2) is 16.7 Å². The second kappa shape index (κ2) is 6.39. The largest absolute Gasteiger partial charge is 0.490 e. The highest BCUT2D eigenvalue weighted by molar-refractivity contribution is 6.31.